The molecule has 0 bridgehead atoms. The summed E-state index contributed by atoms with van der Waals surface area (Å²) in [5.74, 6) is 0. The summed E-state index contributed by atoms with van der Waals surface area (Å²) in [4.78, 5) is 13.8. The third kappa shape index (κ3) is 3.52. The van der Waals surface area contributed by atoms with Gasteiger partial charge in [0.25, 0.3) is 5.56 Å². The van der Waals surface area contributed by atoms with Crippen LogP contribution in [0.25, 0.3) is 0 Å². The van der Waals surface area contributed by atoms with E-state index in [9.17, 15) is 4.79 Å². The minimum Gasteiger partial charge on any atom is -0.394 e. The van der Waals surface area contributed by atoms with Crippen LogP contribution in [0.1, 0.15) is 6.42 Å². The molecule has 0 aliphatic carbocycles. The van der Waals surface area contributed by atoms with Crippen LogP contribution >= 0.6 is 15.9 Å². The average molecular weight is 305 g/mol. The number of hydrogen-bond acceptors (Lipinski definition) is 5. The number of nitrogens with zero attached hydrogens (tertiary/aromatic N) is 3. The first-order chi connectivity index (χ1) is 8.11. The number of nitrogens with two attached hydrogens (primary N) is 1. The fourth-order valence-corrected chi connectivity index (χ4v) is 2.04. The van der Waals surface area contributed by atoms with E-state index in [1.165, 1.54) is 4.68 Å². The van der Waals surface area contributed by atoms with Crippen molar-refractivity contribution in [1.82, 2.24) is 9.78 Å². The van der Waals surface area contributed by atoms with Gasteiger partial charge in [0.15, 0.2) is 0 Å². The molecule has 0 saturated carbocycles. The summed E-state index contributed by atoms with van der Waals surface area (Å²) in [5.41, 5.74) is 5.93. The Morgan fingerprint density at radius 1 is 1.65 bits per heavy atom. The molecule has 0 aromatic carbocycles. The van der Waals surface area contributed by atoms with E-state index >= 15 is 0 Å². The molecule has 6 nitrogen and oxygen atoms in total. The summed E-state index contributed by atoms with van der Waals surface area (Å²) in [6.07, 6.45) is 2.46. The predicted molar refractivity (Wildman–Crippen MR) is 70.2 cm³/mol. The van der Waals surface area contributed by atoms with E-state index in [4.69, 9.17) is 10.8 Å². The molecule has 1 heterocycles. The monoisotopic (exact) mass is 304 g/mol. The number of aliphatic hydroxyl groups is 1. The van der Waals surface area contributed by atoms with Crippen LogP contribution in [0.2, 0.25) is 0 Å². The summed E-state index contributed by atoms with van der Waals surface area (Å²) in [6, 6.07) is 0. The van der Waals surface area contributed by atoms with Gasteiger partial charge in [-0.3, -0.25) is 4.79 Å². The van der Waals surface area contributed by atoms with E-state index in [-0.39, 0.29) is 18.7 Å². The minimum atomic E-state index is -0.240. The zero-order valence-electron chi connectivity index (χ0n) is 9.77. The van der Waals surface area contributed by atoms with Crippen molar-refractivity contribution in [3.05, 3.63) is 21.0 Å². The second-order valence-corrected chi connectivity index (χ2v) is 4.45. The van der Waals surface area contributed by atoms with Crippen molar-refractivity contribution in [2.24, 2.45) is 5.73 Å². The fraction of sp³-hybridized carbons (Fsp3) is 0.600. The zero-order valence-corrected chi connectivity index (χ0v) is 11.4. The SMILES string of the molecule is CN(CCCN)c1cnn(CCO)c(=O)c1Br. The third-order valence-electron chi connectivity index (χ3n) is 2.39. The maximum absolute atomic E-state index is 11.8. The second-order valence-electron chi connectivity index (χ2n) is 3.66. The van der Waals surface area contributed by atoms with Crippen LogP contribution in [-0.4, -0.2) is 41.6 Å². The van der Waals surface area contributed by atoms with Gasteiger partial charge in [0, 0.05) is 13.6 Å². The van der Waals surface area contributed by atoms with Gasteiger partial charge < -0.3 is 15.7 Å². The third-order valence-corrected chi connectivity index (χ3v) is 3.13. The molecule has 7 heteroatoms. The summed E-state index contributed by atoms with van der Waals surface area (Å²) >= 11 is 3.27. The fourth-order valence-electron chi connectivity index (χ4n) is 1.43. The van der Waals surface area contributed by atoms with E-state index in [1.807, 2.05) is 11.9 Å². The second kappa shape index (κ2) is 6.73. The highest BCUT2D eigenvalue weighted by atomic mass is 79.9. The molecule has 0 radical (unpaired) electrons. The maximum Gasteiger partial charge on any atom is 0.283 e. The lowest BCUT2D eigenvalue weighted by atomic mass is 10.3. The van der Waals surface area contributed by atoms with Gasteiger partial charge in [-0.15, -0.1) is 0 Å². The van der Waals surface area contributed by atoms with Gasteiger partial charge in [0.2, 0.25) is 0 Å². The van der Waals surface area contributed by atoms with Gasteiger partial charge in [-0.2, -0.15) is 5.10 Å². The quantitative estimate of drug-likeness (QED) is 0.759. The van der Waals surface area contributed by atoms with Crippen LogP contribution in [0.4, 0.5) is 5.69 Å². The summed E-state index contributed by atoms with van der Waals surface area (Å²) in [5, 5.41) is 12.8. The number of halogens is 1. The first kappa shape index (κ1) is 14.1. The first-order valence-electron chi connectivity index (χ1n) is 5.39. The molecule has 0 fully saturated rings. The van der Waals surface area contributed by atoms with Crippen LogP contribution < -0.4 is 16.2 Å². The predicted octanol–water partition coefficient (Wildman–Crippen LogP) is -0.217. The number of hydrogen-bond donors (Lipinski definition) is 2. The van der Waals surface area contributed by atoms with Crippen LogP contribution in [0.15, 0.2) is 15.5 Å². The van der Waals surface area contributed by atoms with Crippen LogP contribution in [-0.2, 0) is 6.54 Å². The van der Waals surface area contributed by atoms with Gasteiger partial charge in [-0.25, -0.2) is 4.68 Å². The number of aromatic nitrogens is 2. The molecule has 1 rings (SSSR count). The number of aliphatic hydroxyl groups excluding tert-OH is 1. The van der Waals surface area contributed by atoms with Gasteiger partial charge in [0.1, 0.15) is 4.47 Å². The van der Waals surface area contributed by atoms with Gasteiger partial charge in [0.05, 0.1) is 25.0 Å². The van der Waals surface area contributed by atoms with Crippen molar-refractivity contribution < 1.29 is 5.11 Å². The van der Waals surface area contributed by atoms with E-state index in [1.54, 1.807) is 6.20 Å². The lowest BCUT2D eigenvalue weighted by Gasteiger charge is -2.20. The zero-order chi connectivity index (χ0) is 12.8. The van der Waals surface area contributed by atoms with Crippen LogP contribution in [0.3, 0.4) is 0 Å². The van der Waals surface area contributed by atoms with Crippen molar-refractivity contribution in [1.29, 1.82) is 0 Å². The summed E-state index contributed by atoms with van der Waals surface area (Å²) < 4.78 is 1.69. The first-order valence-corrected chi connectivity index (χ1v) is 6.18. The van der Waals surface area contributed by atoms with Crippen molar-refractivity contribution in [2.45, 2.75) is 13.0 Å². The van der Waals surface area contributed by atoms with Crippen molar-refractivity contribution in [2.75, 3.05) is 31.6 Å². The molecule has 1 aromatic rings. The van der Waals surface area contributed by atoms with Gasteiger partial charge >= 0.3 is 0 Å². The smallest absolute Gasteiger partial charge is 0.283 e. The maximum atomic E-state index is 11.8. The Kier molecular flexibility index (Phi) is 5.60. The Hall–Kier alpha value is -0.920. The Morgan fingerprint density at radius 2 is 2.35 bits per heavy atom. The lowest BCUT2D eigenvalue weighted by molar-refractivity contribution is 0.266. The molecule has 0 aliphatic rings. The standard InChI is InChI=1S/C10H17BrN4O2/c1-14(4-2-3-12)8-7-13-15(5-6-16)10(17)9(8)11/h7,16H,2-6,12H2,1H3. The number of rotatable bonds is 6. The van der Waals surface area contributed by atoms with Crippen LogP contribution in [0, 0.1) is 0 Å². The molecule has 0 saturated heterocycles. The Morgan fingerprint density at radius 3 is 2.94 bits per heavy atom. The van der Waals surface area contributed by atoms with Crippen molar-refractivity contribution >= 4 is 21.6 Å². The van der Waals surface area contributed by atoms with Crippen molar-refractivity contribution in [3.63, 3.8) is 0 Å². The van der Waals surface area contributed by atoms with E-state index < -0.39 is 0 Å². The lowest BCUT2D eigenvalue weighted by Crippen LogP contribution is -2.29. The molecule has 0 atom stereocenters. The average Bonchev–Trinajstić information content (AvgIpc) is 2.32. The molecule has 0 unspecified atom stereocenters. The van der Waals surface area contributed by atoms with E-state index in [2.05, 4.69) is 21.0 Å². The highest BCUT2D eigenvalue weighted by Gasteiger charge is 2.11. The van der Waals surface area contributed by atoms with E-state index in [0.717, 1.165) is 18.7 Å². The highest BCUT2D eigenvalue weighted by molar-refractivity contribution is 9.10. The Bertz CT molecular complexity index is 421. The molecule has 1 aromatic heterocycles. The summed E-state index contributed by atoms with van der Waals surface area (Å²) in [6.45, 7) is 1.46. The van der Waals surface area contributed by atoms with Crippen LogP contribution in [0.5, 0.6) is 0 Å². The Balaban J connectivity index is 2.95. The molecule has 0 amide bonds. The summed E-state index contributed by atoms with van der Waals surface area (Å²) in [7, 11) is 1.88. The molecule has 0 spiro atoms. The van der Waals surface area contributed by atoms with Crippen molar-refractivity contribution in [3.8, 4) is 0 Å². The highest BCUT2D eigenvalue weighted by Crippen LogP contribution is 2.20. The molecule has 3 N–H and O–H groups in total. The van der Waals surface area contributed by atoms with Gasteiger partial charge in [-0.05, 0) is 28.9 Å². The largest absolute Gasteiger partial charge is 0.394 e. The molecule has 17 heavy (non-hydrogen) atoms. The minimum absolute atomic E-state index is 0.109. The molecule has 96 valence electrons. The molecular weight excluding hydrogens is 288 g/mol. The molecular formula is C10H17BrN4O2. The molecule has 0 aliphatic heterocycles. The topological polar surface area (TPSA) is 84.4 Å². The number of anilines is 1. The van der Waals surface area contributed by atoms with E-state index in [0.29, 0.717) is 11.0 Å². The normalized spacial score (nSPS) is 10.6. The Labute approximate surface area is 108 Å². The van der Waals surface area contributed by atoms with Gasteiger partial charge in [-0.1, -0.05) is 0 Å².